The van der Waals surface area contributed by atoms with Gasteiger partial charge in [0.1, 0.15) is 17.5 Å². The normalized spacial score (nSPS) is 28.6. The third-order valence-electron chi connectivity index (χ3n) is 2.79. The molecule has 90 valence electrons. The fourth-order valence-electron chi connectivity index (χ4n) is 1.58. The van der Waals surface area contributed by atoms with Crippen LogP contribution in [0.2, 0.25) is 0 Å². The summed E-state index contributed by atoms with van der Waals surface area (Å²) in [6.45, 7) is 4.41. The van der Waals surface area contributed by atoms with Crippen molar-refractivity contribution < 1.29 is 0 Å². The fourth-order valence-corrected chi connectivity index (χ4v) is 4.45. The van der Waals surface area contributed by atoms with Crippen LogP contribution in [0.25, 0.3) is 0 Å². The minimum absolute atomic E-state index is 0.0728. The number of rotatable bonds is 1. The van der Waals surface area contributed by atoms with Crippen LogP contribution in [0.3, 0.4) is 0 Å². The van der Waals surface area contributed by atoms with Crippen LogP contribution in [-0.2, 0) is 0 Å². The van der Waals surface area contributed by atoms with Gasteiger partial charge in [0, 0.05) is 16.3 Å². The Morgan fingerprint density at radius 3 is 2.88 bits per heavy atom. The van der Waals surface area contributed by atoms with Crippen molar-refractivity contribution in [3.63, 3.8) is 0 Å². The smallest absolute Gasteiger partial charge is 0.268 e. The van der Waals surface area contributed by atoms with E-state index in [4.69, 9.17) is 5.26 Å². The molecule has 1 aromatic heterocycles. The zero-order chi connectivity index (χ0) is 12.4. The van der Waals surface area contributed by atoms with E-state index < -0.39 is 0 Å². The van der Waals surface area contributed by atoms with E-state index in [2.05, 4.69) is 23.8 Å². The molecule has 1 aliphatic heterocycles. The number of H-pyrrole nitrogens is 1. The van der Waals surface area contributed by atoms with Crippen LogP contribution in [0.15, 0.2) is 11.0 Å². The lowest BCUT2D eigenvalue weighted by Crippen LogP contribution is -2.25. The van der Waals surface area contributed by atoms with Gasteiger partial charge >= 0.3 is 0 Å². The average molecular weight is 267 g/mol. The maximum atomic E-state index is 11.5. The Morgan fingerprint density at radius 2 is 2.29 bits per heavy atom. The number of nitriles is 1. The summed E-state index contributed by atoms with van der Waals surface area (Å²) in [5, 5.41) is 10.1. The molecule has 0 amide bonds. The second-order valence-electron chi connectivity index (χ2n) is 3.99. The van der Waals surface area contributed by atoms with Crippen molar-refractivity contribution in [2.75, 3.05) is 5.75 Å². The van der Waals surface area contributed by atoms with Crippen molar-refractivity contribution in [3.8, 4) is 6.07 Å². The quantitative estimate of drug-likeness (QED) is 0.842. The molecule has 6 heteroatoms. The van der Waals surface area contributed by atoms with Gasteiger partial charge in [0.2, 0.25) is 0 Å². The zero-order valence-electron chi connectivity index (χ0n) is 9.64. The summed E-state index contributed by atoms with van der Waals surface area (Å²) in [5.41, 5.74) is -0.266. The Bertz CT molecular complexity index is 508. The van der Waals surface area contributed by atoms with Gasteiger partial charge in [-0.3, -0.25) is 4.79 Å². The fraction of sp³-hybridized carbons (Fsp3) is 0.545. The summed E-state index contributed by atoms with van der Waals surface area (Å²) in [6.07, 6.45) is 1.36. The molecule has 4 nitrogen and oxygen atoms in total. The molecule has 17 heavy (non-hydrogen) atoms. The SMILES string of the molecule is CC1SCC(c2ncc(C#N)c(=O)[nH]2)SC1C. The van der Waals surface area contributed by atoms with E-state index in [1.54, 1.807) is 0 Å². The van der Waals surface area contributed by atoms with Crippen LogP contribution < -0.4 is 5.56 Å². The summed E-state index contributed by atoms with van der Waals surface area (Å²) < 4.78 is 0. The van der Waals surface area contributed by atoms with Gasteiger partial charge in [-0.2, -0.15) is 17.0 Å². The van der Waals surface area contributed by atoms with Gasteiger partial charge < -0.3 is 4.98 Å². The first kappa shape index (κ1) is 12.5. The van der Waals surface area contributed by atoms with E-state index >= 15 is 0 Å². The van der Waals surface area contributed by atoms with E-state index in [1.807, 2.05) is 29.6 Å². The minimum atomic E-state index is -0.339. The number of nitrogens with one attached hydrogen (secondary N) is 1. The number of aromatic amines is 1. The molecule has 1 fully saturated rings. The molecule has 3 atom stereocenters. The first-order valence-electron chi connectivity index (χ1n) is 5.38. The molecule has 0 bridgehead atoms. The van der Waals surface area contributed by atoms with Gasteiger partial charge in [0.15, 0.2) is 0 Å². The number of hydrogen-bond acceptors (Lipinski definition) is 5. The monoisotopic (exact) mass is 267 g/mol. The number of aromatic nitrogens is 2. The number of hydrogen-bond donors (Lipinski definition) is 1. The summed E-state index contributed by atoms with van der Waals surface area (Å²) >= 11 is 3.73. The average Bonchev–Trinajstić information content (AvgIpc) is 2.32. The van der Waals surface area contributed by atoms with E-state index in [0.29, 0.717) is 16.3 Å². The van der Waals surface area contributed by atoms with E-state index in [-0.39, 0.29) is 16.4 Å². The first-order valence-corrected chi connectivity index (χ1v) is 7.37. The summed E-state index contributed by atoms with van der Waals surface area (Å²) in [6, 6.07) is 1.82. The molecule has 1 saturated heterocycles. The highest BCUT2D eigenvalue weighted by molar-refractivity contribution is 8.07. The first-order chi connectivity index (χ1) is 8.11. The molecule has 2 heterocycles. The van der Waals surface area contributed by atoms with Crippen molar-refractivity contribution in [1.82, 2.24) is 9.97 Å². The summed E-state index contributed by atoms with van der Waals surface area (Å²) in [4.78, 5) is 18.4. The molecular formula is C11H13N3OS2. The maximum absolute atomic E-state index is 11.5. The van der Waals surface area contributed by atoms with Crippen LogP contribution >= 0.6 is 23.5 Å². The highest BCUT2D eigenvalue weighted by atomic mass is 32.2. The molecule has 1 N–H and O–H groups in total. The van der Waals surface area contributed by atoms with Gasteiger partial charge in [0.25, 0.3) is 5.56 Å². The molecule has 1 aromatic rings. The zero-order valence-corrected chi connectivity index (χ0v) is 11.3. The molecule has 0 radical (unpaired) electrons. The van der Waals surface area contributed by atoms with Crippen LogP contribution in [-0.4, -0.2) is 26.2 Å². The van der Waals surface area contributed by atoms with Gasteiger partial charge in [-0.05, 0) is 0 Å². The van der Waals surface area contributed by atoms with E-state index in [9.17, 15) is 4.79 Å². The molecular weight excluding hydrogens is 254 g/mol. The predicted octanol–water partition coefficient (Wildman–Crippen LogP) is 1.94. The third-order valence-corrected chi connectivity index (χ3v) is 6.19. The summed E-state index contributed by atoms with van der Waals surface area (Å²) in [7, 11) is 0. The Balaban J connectivity index is 2.22. The lowest BCUT2D eigenvalue weighted by Gasteiger charge is -2.30. The van der Waals surface area contributed by atoms with Gasteiger partial charge in [-0.15, -0.1) is 11.8 Å². The highest BCUT2D eigenvalue weighted by Gasteiger charge is 2.28. The van der Waals surface area contributed by atoms with Crippen LogP contribution in [0.4, 0.5) is 0 Å². The van der Waals surface area contributed by atoms with Crippen LogP contribution in [0.5, 0.6) is 0 Å². The Morgan fingerprint density at radius 1 is 1.53 bits per heavy atom. The molecule has 3 unspecified atom stereocenters. The largest absolute Gasteiger partial charge is 0.308 e. The highest BCUT2D eigenvalue weighted by Crippen LogP contribution is 2.42. The Labute approximate surface area is 108 Å². The van der Waals surface area contributed by atoms with Crippen molar-refractivity contribution in [2.45, 2.75) is 29.6 Å². The second kappa shape index (κ2) is 5.15. The van der Waals surface area contributed by atoms with Crippen molar-refractivity contribution in [3.05, 3.63) is 27.9 Å². The minimum Gasteiger partial charge on any atom is -0.308 e. The standard InChI is InChI=1S/C11H13N3OS2/c1-6-7(2)17-9(5-16-6)10-13-4-8(3-12)11(15)14-10/h4,6-7,9H,5H2,1-2H3,(H,13,14,15). The van der Waals surface area contributed by atoms with Crippen molar-refractivity contribution in [2.24, 2.45) is 0 Å². The predicted molar refractivity (Wildman–Crippen MR) is 71.3 cm³/mol. The number of nitrogens with zero attached hydrogens (tertiary/aromatic N) is 2. The second-order valence-corrected chi connectivity index (χ2v) is 6.99. The molecule has 2 rings (SSSR count). The van der Waals surface area contributed by atoms with Crippen molar-refractivity contribution >= 4 is 23.5 Å². The Hall–Kier alpha value is -0.930. The van der Waals surface area contributed by atoms with Gasteiger partial charge in [-0.1, -0.05) is 13.8 Å². The molecule has 0 aliphatic carbocycles. The van der Waals surface area contributed by atoms with Gasteiger partial charge in [0.05, 0.1) is 11.4 Å². The number of thioether (sulfide) groups is 2. The molecule has 1 aliphatic rings. The molecule has 0 saturated carbocycles. The molecule has 0 aromatic carbocycles. The maximum Gasteiger partial charge on any atom is 0.268 e. The topological polar surface area (TPSA) is 69.5 Å². The summed E-state index contributed by atoms with van der Waals surface area (Å²) in [5.74, 6) is 1.63. The molecule has 0 spiro atoms. The van der Waals surface area contributed by atoms with Crippen LogP contribution in [0.1, 0.15) is 30.5 Å². The lowest BCUT2D eigenvalue weighted by atomic mass is 10.3. The van der Waals surface area contributed by atoms with Crippen molar-refractivity contribution in [1.29, 1.82) is 5.26 Å². The Kier molecular flexibility index (Phi) is 3.79. The lowest BCUT2D eigenvalue weighted by molar-refractivity contribution is 0.851. The van der Waals surface area contributed by atoms with E-state index in [1.165, 1.54) is 6.20 Å². The van der Waals surface area contributed by atoms with E-state index in [0.717, 1.165) is 5.75 Å². The third kappa shape index (κ3) is 2.67. The van der Waals surface area contributed by atoms with Crippen LogP contribution in [0, 0.1) is 11.3 Å². The van der Waals surface area contributed by atoms with Gasteiger partial charge in [-0.25, -0.2) is 4.98 Å².